The Morgan fingerprint density at radius 2 is 1.78 bits per heavy atom. The first-order chi connectivity index (χ1) is 17.8. The second kappa shape index (κ2) is 10.9. The molecule has 1 aliphatic rings. The van der Waals surface area contributed by atoms with Crippen LogP contribution in [0.25, 0.3) is 11.3 Å². The number of benzene rings is 2. The third kappa shape index (κ3) is 5.74. The van der Waals surface area contributed by atoms with Crippen molar-refractivity contribution in [1.29, 1.82) is 0 Å². The lowest BCUT2D eigenvalue weighted by Gasteiger charge is -2.26. The molecule has 8 nitrogen and oxygen atoms in total. The van der Waals surface area contributed by atoms with Gasteiger partial charge in [0.05, 0.1) is 40.7 Å². The third-order valence-electron chi connectivity index (χ3n) is 5.62. The molecule has 1 fully saturated rings. The van der Waals surface area contributed by atoms with Gasteiger partial charge in [-0.05, 0) is 61.5 Å². The van der Waals surface area contributed by atoms with Gasteiger partial charge in [0.15, 0.2) is 0 Å². The Kier molecular flexibility index (Phi) is 7.66. The zero-order chi connectivity index (χ0) is 26.0. The fourth-order valence-corrected chi connectivity index (χ4v) is 6.39. The molecule has 4 aromatic rings. The van der Waals surface area contributed by atoms with Gasteiger partial charge in [-0.1, -0.05) is 23.2 Å². The fraction of sp³-hybridized carbons (Fsp3) is 0.200. The Balaban J connectivity index is 1.54. The minimum absolute atomic E-state index is 0.213. The number of rotatable bonds is 6. The number of thiazole rings is 1. The van der Waals surface area contributed by atoms with E-state index in [0.717, 1.165) is 5.76 Å². The number of nitrogens with zero attached hydrogens (tertiary/aromatic N) is 4. The van der Waals surface area contributed by atoms with Gasteiger partial charge in [0.1, 0.15) is 11.5 Å². The van der Waals surface area contributed by atoms with Crippen LogP contribution >= 0.6 is 34.5 Å². The molecule has 2 aromatic carbocycles. The van der Waals surface area contributed by atoms with Crippen LogP contribution in [0.2, 0.25) is 10.0 Å². The quantitative estimate of drug-likeness (QED) is 0.281. The van der Waals surface area contributed by atoms with Crippen molar-refractivity contribution in [3.63, 3.8) is 0 Å². The standard InChI is InChI=1S/C25H22Cl2N4O4S2/c1-17-2-6-20(35-17)15-28-31-24(22-14-18(26)3-9-23(22)27)16-36-25(31)29-19-4-7-21(8-5-19)37(32,33)30-10-12-34-13-11-30/h2-9,14-16H,10-13H2,1H3. The molecule has 192 valence electrons. The Morgan fingerprint density at radius 1 is 1.03 bits per heavy atom. The Bertz CT molecular complexity index is 1620. The lowest BCUT2D eigenvalue weighted by atomic mass is 10.2. The highest BCUT2D eigenvalue weighted by Gasteiger charge is 2.26. The molecule has 0 bridgehead atoms. The number of ether oxygens (including phenoxy) is 1. The molecule has 1 aliphatic heterocycles. The molecule has 0 saturated carbocycles. The van der Waals surface area contributed by atoms with E-state index in [1.54, 1.807) is 53.4 Å². The second-order valence-corrected chi connectivity index (χ2v) is 11.8. The maximum Gasteiger partial charge on any atom is 0.243 e. The van der Waals surface area contributed by atoms with E-state index in [2.05, 4.69) is 5.10 Å². The smallest absolute Gasteiger partial charge is 0.243 e. The Morgan fingerprint density at radius 3 is 2.49 bits per heavy atom. The van der Waals surface area contributed by atoms with Gasteiger partial charge in [-0.15, -0.1) is 11.3 Å². The van der Waals surface area contributed by atoms with Crippen LogP contribution in [0.3, 0.4) is 0 Å². The van der Waals surface area contributed by atoms with Crippen molar-refractivity contribution >= 4 is 56.5 Å². The Labute approximate surface area is 228 Å². The minimum Gasteiger partial charge on any atom is -0.460 e. The van der Waals surface area contributed by atoms with E-state index in [4.69, 9.17) is 37.3 Å². The zero-order valence-corrected chi connectivity index (χ0v) is 22.8. The van der Waals surface area contributed by atoms with Crippen molar-refractivity contribution in [3.8, 4) is 11.3 Å². The van der Waals surface area contributed by atoms with Crippen molar-refractivity contribution in [1.82, 2.24) is 8.98 Å². The predicted molar refractivity (Wildman–Crippen MR) is 145 cm³/mol. The van der Waals surface area contributed by atoms with Gasteiger partial charge >= 0.3 is 0 Å². The van der Waals surface area contributed by atoms with E-state index in [-0.39, 0.29) is 4.90 Å². The van der Waals surface area contributed by atoms with E-state index in [1.807, 2.05) is 24.4 Å². The molecule has 2 aromatic heterocycles. The van der Waals surface area contributed by atoms with Gasteiger partial charge in [-0.25, -0.2) is 18.1 Å². The van der Waals surface area contributed by atoms with Gasteiger partial charge in [0.2, 0.25) is 14.8 Å². The fourth-order valence-electron chi connectivity index (χ4n) is 3.74. The Hall–Kier alpha value is -2.73. The minimum atomic E-state index is -3.59. The van der Waals surface area contributed by atoms with E-state index in [1.165, 1.54) is 15.6 Å². The molecule has 3 heterocycles. The number of halogens is 2. The maximum atomic E-state index is 12.9. The highest BCUT2D eigenvalue weighted by Crippen LogP contribution is 2.31. The first-order valence-corrected chi connectivity index (χ1v) is 14.4. The van der Waals surface area contributed by atoms with Crippen LogP contribution in [0.4, 0.5) is 5.69 Å². The highest BCUT2D eigenvalue weighted by molar-refractivity contribution is 7.89. The second-order valence-electron chi connectivity index (χ2n) is 8.15. The summed E-state index contributed by atoms with van der Waals surface area (Å²) in [6.45, 7) is 3.32. The molecule has 1 saturated heterocycles. The molecule has 37 heavy (non-hydrogen) atoms. The molecular weight excluding hydrogens is 555 g/mol. The predicted octanol–water partition coefficient (Wildman–Crippen LogP) is 5.56. The SMILES string of the molecule is Cc1ccc(C=Nn2c(-c3cc(Cl)ccc3Cl)csc2=Nc2ccc(S(=O)(=O)N3CCOCC3)cc2)o1. The van der Waals surface area contributed by atoms with Crippen LogP contribution in [0.1, 0.15) is 11.5 Å². The summed E-state index contributed by atoms with van der Waals surface area (Å²) in [5.74, 6) is 1.36. The highest BCUT2D eigenvalue weighted by atomic mass is 35.5. The molecule has 0 unspecified atom stereocenters. The number of morpholine rings is 1. The maximum absolute atomic E-state index is 12.9. The molecule has 5 rings (SSSR count). The van der Waals surface area contributed by atoms with Crippen LogP contribution in [0.5, 0.6) is 0 Å². The lowest BCUT2D eigenvalue weighted by molar-refractivity contribution is 0.0730. The number of aryl methyl sites for hydroxylation is 1. The summed E-state index contributed by atoms with van der Waals surface area (Å²) < 4.78 is 39.8. The molecular formula is C25H22Cl2N4O4S2. The van der Waals surface area contributed by atoms with Crippen molar-refractivity contribution in [2.75, 3.05) is 26.3 Å². The first kappa shape index (κ1) is 25.9. The number of furan rings is 1. The van der Waals surface area contributed by atoms with Gasteiger partial charge in [0, 0.05) is 29.1 Å². The first-order valence-electron chi connectivity index (χ1n) is 11.3. The topological polar surface area (TPSA) is 89.4 Å². The number of sulfonamides is 1. The molecule has 0 radical (unpaired) electrons. The normalized spacial score (nSPS) is 15.6. The van der Waals surface area contributed by atoms with Crippen LogP contribution < -0.4 is 4.80 Å². The van der Waals surface area contributed by atoms with E-state index < -0.39 is 10.0 Å². The van der Waals surface area contributed by atoms with Gasteiger partial charge in [-0.3, -0.25) is 0 Å². The lowest BCUT2D eigenvalue weighted by Crippen LogP contribution is -2.40. The summed E-state index contributed by atoms with van der Waals surface area (Å²) in [4.78, 5) is 5.49. The van der Waals surface area contributed by atoms with Crippen molar-refractivity contribution < 1.29 is 17.6 Å². The van der Waals surface area contributed by atoms with Gasteiger partial charge in [-0.2, -0.15) is 9.41 Å². The molecule has 0 atom stereocenters. The average molecular weight is 578 g/mol. The summed E-state index contributed by atoms with van der Waals surface area (Å²) in [6, 6.07) is 15.4. The van der Waals surface area contributed by atoms with Gasteiger partial charge in [0.25, 0.3) is 0 Å². The molecule has 0 spiro atoms. The average Bonchev–Trinajstić information content (AvgIpc) is 3.50. The third-order valence-corrected chi connectivity index (χ3v) is 8.91. The summed E-state index contributed by atoms with van der Waals surface area (Å²) in [6.07, 6.45) is 1.60. The number of hydrogen-bond donors (Lipinski definition) is 0. The van der Waals surface area contributed by atoms with Crippen molar-refractivity contribution in [3.05, 3.63) is 86.3 Å². The van der Waals surface area contributed by atoms with Crippen LogP contribution in [-0.2, 0) is 14.8 Å². The summed E-state index contributed by atoms with van der Waals surface area (Å²) in [7, 11) is -3.59. The monoisotopic (exact) mass is 576 g/mol. The molecule has 12 heteroatoms. The van der Waals surface area contributed by atoms with Crippen LogP contribution in [0.15, 0.2) is 79.4 Å². The van der Waals surface area contributed by atoms with Crippen molar-refractivity contribution in [2.24, 2.45) is 10.1 Å². The summed E-state index contributed by atoms with van der Waals surface area (Å²) in [5.41, 5.74) is 1.97. The molecule has 0 N–H and O–H groups in total. The molecule has 0 amide bonds. The van der Waals surface area contributed by atoms with E-state index >= 15 is 0 Å². The van der Waals surface area contributed by atoms with Crippen molar-refractivity contribution in [2.45, 2.75) is 11.8 Å². The molecule has 0 aliphatic carbocycles. The van der Waals surface area contributed by atoms with Crippen LogP contribution in [0, 0.1) is 6.92 Å². The zero-order valence-electron chi connectivity index (χ0n) is 19.7. The summed E-state index contributed by atoms with van der Waals surface area (Å²) in [5, 5.41) is 7.55. The van der Waals surface area contributed by atoms with Gasteiger partial charge < -0.3 is 9.15 Å². The summed E-state index contributed by atoms with van der Waals surface area (Å²) >= 11 is 14.1. The van der Waals surface area contributed by atoms with E-state index in [0.29, 0.717) is 63.9 Å². The number of hydrogen-bond acceptors (Lipinski definition) is 7. The van der Waals surface area contributed by atoms with Crippen LogP contribution in [-0.4, -0.2) is 49.9 Å². The largest absolute Gasteiger partial charge is 0.460 e. The number of aromatic nitrogens is 1. The van der Waals surface area contributed by atoms with E-state index in [9.17, 15) is 8.42 Å².